The molecule has 5 aliphatic carbocycles. The van der Waals surface area contributed by atoms with Gasteiger partial charge in [0.05, 0.1) is 5.56 Å². The Morgan fingerprint density at radius 1 is 0.961 bits per heavy atom. The van der Waals surface area contributed by atoms with Crippen LogP contribution in [-0.4, -0.2) is 48.1 Å². The zero-order valence-electron chi connectivity index (χ0n) is 32.9. The largest absolute Gasteiger partial charge is 0.478 e. The number of carboxylic acid groups (broad SMARTS) is 1. The van der Waals surface area contributed by atoms with Gasteiger partial charge < -0.3 is 15.3 Å². The van der Waals surface area contributed by atoms with Gasteiger partial charge in [-0.15, -0.1) is 0 Å². The lowest BCUT2D eigenvalue weighted by atomic mass is 9.32. The van der Waals surface area contributed by atoms with E-state index in [1.54, 1.807) is 12.1 Å². The molecular weight excluding hydrogens is 627 g/mol. The number of nitrogens with zero attached hydrogens (tertiary/aromatic N) is 2. The molecule has 1 unspecified atom stereocenters. The van der Waals surface area contributed by atoms with Crippen LogP contribution >= 0.6 is 0 Å². The van der Waals surface area contributed by atoms with Crippen LogP contribution in [-0.2, 0) is 0 Å². The number of pyridine rings is 1. The minimum atomic E-state index is -0.858. The fraction of sp³-hybridized carbons (Fsp3) is 0.652. The topological polar surface area (TPSA) is 65.5 Å². The Morgan fingerprint density at radius 2 is 1.71 bits per heavy atom. The molecule has 2 N–H and O–H groups in total. The van der Waals surface area contributed by atoms with Crippen LogP contribution < -0.4 is 5.32 Å². The van der Waals surface area contributed by atoms with Crippen molar-refractivity contribution in [3.05, 3.63) is 83.7 Å². The Hall–Kier alpha value is -2.76. The molecule has 1 heterocycles. The fourth-order valence-corrected chi connectivity index (χ4v) is 14.1. The highest BCUT2D eigenvalue weighted by atomic mass is 16.4. The number of carboxylic acids is 1. The Morgan fingerprint density at radius 3 is 2.35 bits per heavy atom. The number of nitrogens with one attached hydrogen (secondary N) is 1. The first-order valence-electron chi connectivity index (χ1n) is 20.1. The highest BCUT2D eigenvalue weighted by molar-refractivity contribution is 5.88. The SMILES string of the molecule is C=C(C)[C@@H]1CC[C@]2(CNCC(c3cccnc3)N(C)C)CC[C@]3(C)[C@H](CC[C@@H]4[C@@]5(C)CC=C(c6ccc(C(=O)O)cc6)C(C)(C)[C@@H]5CC[C@]43C)[C@@H]12. The average Bonchev–Trinajstić information content (AvgIpc) is 3.47. The van der Waals surface area contributed by atoms with Gasteiger partial charge in [0, 0.05) is 31.5 Å². The van der Waals surface area contributed by atoms with Crippen molar-refractivity contribution in [3.63, 3.8) is 0 Å². The monoisotopic (exact) mass is 692 g/mol. The zero-order chi connectivity index (χ0) is 36.6. The number of aromatic carboxylic acids is 1. The number of benzene rings is 1. The van der Waals surface area contributed by atoms with Crippen LogP contribution in [0, 0.1) is 56.7 Å². The molecule has 5 nitrogen and oxygen atoms in total. The minimum absolute atomic E-state index is 0.0287. The van der Waals surface area contributed by atoms with Gasteiger partial charge >= 0.3 is 5.97 Å². The van der Waals surface area contributed by atoms with Crippen molar-refractivity contribution in [3.8, 4) is 0 Å². The molecule has 51 heavy (non-hydrogen) atoms. The molecule has 0 aliphatic heterocycles. The molecular formula is C46H65N3O2. The predicted octanol–water partition coefficient (Wildman–Crippen LogP) is 10.3. The van der Waals surface area contributed by atoms with E-state index in [1.807, 2.05) is 24.5 Å². The first-order valence-corrected chi connectivity index (χ1v) is 20.1. The molecule has 0 spiro atoms. The van der Waals surface area contributed by atoms with E-state index in [2.05, 4.69) is 95.6 Å². The molecule has 10 atom stereocenters. The van der Waals surface area contributed by atoms with E-state index in [0.717, 1.165) is 25.4 Å². The maximum atomic E-state index is 11.6. The van der Waals surface area contributed by atoms with Crippen LogP contribution in [0.4, 0.5) is 0 Å². The average molecular weight is 692 g/mol. The van der Waals surface area contributed by atoms with Crippen molar-refractivity contribution in [2.24, 2.45) is 56.7 Å². The third kappa shape index (κ3) is 5.61. The summed E-state index contributed by atoms with van der Waals surface area (Å²) in [5.74, 6) is 2.50. The van der Waals surface area contributed by atoms with E-state index < -0.39 is 5.97 Å². The second-order valence-corrected chi connectivity index (χ2v) is 19.4. The summed E-state index contributed by atoms with van der Waals surface area (Å²) in [7, 11) is 4.38. The number of likely N-dealkylation sites (N-methyl/N-ethyl adjacent to an activating group) is 1. The molecule has 0 amide bonds. The number of fused-ring (bicyclic) bond motifs is 7. The summed E-state index contributed by atoms with van der Waals surface area (Å²) in [6.45, 7) is 22.1. The van der Waals surface area contributed by atoms with Crippen LogP contribution in [0.5, 0.6) is 0 Å². The summed E-state index contributed by atoms with van der Waals surface area (Å²) in [5, 5.41) is 13.6. The van der Waals surface area contributed by atoms with E-state index in [1.165, 1.54) is 73.6 Å². The van der Waals surface area contributed by atoms with Crippen molar-refractivity contribution in [2.75, 3.05) is 27.2 Å². The Kier molecular flexibility index (Phi) is 9.31. The van der Waals surface area contributed by atoms with Gasteiger partial charge in [-0.3, -0.25) is 4.98 Å². The molecule has 0 bridgehead atoms. The molecule has 7 rings (SSSR count). The Labute approximate surface area is 308 Å². The van der Waals surface area contributed by atoms with Gasteiger partial charge in [-0.05, 0) is 170 Å². The van der Waals surface area contributed by atoms with Crippen LogP contribution in [0.2, 0.25) is 0 Å². The third-order valence-electron chi connectivity index (χ3n) is 16.8. The van der Waals surface area contributed by atoms with Crippen LogP contribution in [0.3, 0.4) is 0 Å². The molecule has 1 aromatic heterocycles. The van der Waals surface area contributed by atoms with Crippen molar-refractivity contribution in [2.45, 2.75) is 105 Å². The third-order valence-corrected chi connectivity index (χ3v) is 16.8. The van der Waals surface area contributed by atoms with Gasteiger partial charge in [0.1, 0.15) is 0 Å². The molecule has 4 saturated carbocycles. The first-order chi connectivity index (χ1) is 24.1. The van der Waals surface area contributed by atoms with E-state index >= 15 is 0 Å². The normalized spacial score (nSPS) is 38.8. The second-order valence-electron chi connectivity index (χ2n) is 19.4. The van der Waals surface area contributed by atoms with Crippen LogP contribution in [0.25, 0.3) is 5.57 Å². The molecule has 0 saturated heterocycles. The van der Waals surface area contributed by atoms with E-state index in [-0.39, 0.29) is 10.8 Å². The van der Waals surface area contributed by atoms with Gasteiger partial charge in [0.2, 0.25) is 0 Å². The molecule has 276 valence electrons. The fourth-order valence-electron chi connectivity index (χ4n) is 14.1. The predicted molar refractivity (Wildman–Crippen MR) is 209 cm³/mol. The van der Waals surface area contributed by atoms with Gasteiger partial charge in [0.25, 0.3) is 0 Å². The molecule has 0 radical (unpaired) electrons. The van der Waals surface area contributed by atoms with E-state index in [0.29, 0.717) is 51.5 Å². The number of hydrogen-bond acceptors (Lipinski definition) is 4. The molecule has 1 aromatic carbocycles. The first kappa shape index (κ1) is 36.6. The van der Waals surface area contributed by atoms with Gasteiger partial charge in [-0.25, -0.2) is 4.79 Å². The summed E-state index contributed by atoms with van der Waals surface area (Å²) in [6.07, 6.45) is 18.1. The highest BCUT2D eigenvalue weighted by Gasteiger charge is 2.70. The molecule has 2 aromatic rings. The van der Waals surface area contributed by atoms with Gasteiger partial charge in [-0.2, -0.15) is 0 Å². The molecule has 4 fully saturated rings. The number of rotatable bonds is 9. The van der Waals surface area contributed by atoms with Gasteiger partial charge in [0.15, 0.2) is 0 Å². The minimum Gasteiger partial charge on any atom is -0.478 e. The second kappa shape index (κ2) is 13.0. The van der Waals surface area contributed by atoms with Crippen molar-refractivity contribution in [1.29, 1.82) is 0 Å². The van der Waals surface area contributed by atoms with E-state index in [4.69, 9.17) is 0 Å². The number of hydrogen-bond donors (Lipinski definition) is 2. The zero-order valence-corrected chi connectivity index (χ0v) is 32.9. The van der Waals surface area contributed by atoms with Crippen molar-refractivity contribution >= 4 is 11.5 Å². The van der Waals surface area contributed by atoms with Crippen LogP contribution in [0.15, 0.2) is 67.0 Å². The van der Waals surface area contributed by atoms with Gasteiger partial charge in [-0.1, -0.05) is 71.0 Å². The molecule has 5 heteroatoms. The summed E-state index contributed by atoms with van der Waals surface area (Å²) < 4.78 is 0. The smallest absolute Gasteiger partial charge is 0.335 e. The maximum absolute atomic E-state index is 11.6. The van der Waals surface area contributed by atoms with E-state index in [9.17, 15) is 9.90 Å². The summed E-state index contributed by atoms with van der Waals surface area (Å²) in [5.41, 5.74) is 6.91. The lowest BCUT2D eigenvalue weighted by Crippen LogP contribution is -2.65. The number of aromatic nitrogens is 1. The van der Waals surface area contributed by atoms with Crippen molar-refractivity contribution in [1.82, 2.24) is 15.2 Å². The molecule has 5 aliphatic rings. The Bertz CT molecular complexity index is 1660. The lowest BCUT2D eigenvalue weighted by Gasteiger charge is -2.72. The summed E-state index contributed by atoms with van der Waals surface area (Å²) in [6, 6.07) is 12.2. The lowest BCUT2D eigenvalue weighted by molar-refractivity contribution is -0.225. The number of carbonyl (C=O) groups is 1. The summed E-state index contributed by atoms with van der Waals surface area (Å²) in [4.78, 5) is 18.4. The van der Waals surface area contributed by atoms with Crippen molar-refractivity contribution < 1.29 is 9.90 Å². The maximum Gasteiger partial charge on any atom is 0.335 e. The highest BCUT2D eigenvalue weighted by Crippen LogP contribution is 2.77. The standard InChI is InChI=1S/C46H65N3O2/c1-30(2)34-18-23-46(29-48-28-37(49(8)9)33-11-10-26-47-27-33)25-24-44(6)36(40(34)46)16-17-39-43(5)21-19-35(31-12-14-32(15-13-31)41(50)51)42(3,4)38(43)20-22-45(39,44)7/h10-15,19,26-27,34,36-40,48H,1,16-18,20-25,28-29H2,2-9H3,(H,50,51)/t34-,36+,37?,38-,39+,40+,43-,44+,45+,46+/m0/s1. The number of allylic oxidation sites excluding steroid dienone is 3. The van der Waals surface area contributed by atoms with Crippen LogP contribution in [0.1, 0.15) is 127 Å². The summed E-state index contributed by atoms with van der Waals surface area (Å²) >= 11 is 0. The quantitative estimate of drug-likeness (QED) is 0.256. The Balaban J connectivity index is 1.16.